The first-order valence-corrected chi connectivity index (χ1v) is 5.38. The van der Waals surface area contributed by atoms with Crippen LogP contribution in [0, 0.1) is 0 Å². The molecular weight excluding hydrogens is 176 g/mol. The fraction of sp³-hybridized carbons (Fsp3) is 0.714. The van der Waals surface area contributed by atoms with Gasteiger partial charge >= 0.3 is 0 Å². The van der Waals surface area contributed by atoms with Crippen LogP contribution in [0.4, 0.5) is 0 Å². The molecule has 0 saturated carbocycles. The minimum Gasteiger partial charge on any atom is -0.204 e. The average Bonchev–Trinajstić information content (AvgIpc) is 2.36. The second kappa shape index (κ2) is 4.07. The number of rotatable bonds is 2. The first kappa shape index (κ1) is 9.00. The molecule has 1 aliphatic heterocycles. The number of allylic oxidation sites excluding steroid dienone is 1. The molecule has 0 fully saturated rings. The van der Waals surface area contributed by atoms with Crippen LogP contribution in [0.15, 0.2) is 19.3 Å². The van der Waals surface area contributed by atoms with Gasteiger partial charge in [0.1, 0.15) is 6.04 Å². The molecule has 0 aliphatic carbocycles. The largest absolute Gasteiger partial charge is 0.204 e. The third kappa shape index (κ3) is 2.17. The third-order valence-corrected chi connectivity index (χ3v) is 3.08. The Balaban J connectivity index is 2.72. The van der Waals surface area contributed by atoms with Gasteiger partial charge in [-0.25, -0.2) is 4.36 Å². The first-order valence-electron chi connectivity index (χ1n) is 3.66. The van der Waals surface area contributed by atoms with Crippen LogP contribution in [0.3, 0.4) is 0 Å². The number of nitrogens with zero attached hydrogens (tertiary/aromatic N) is 2. The summed E-state index contributed by atoms with van der Waals surface area (Å²) in [6.45, 7) is 6.35. The molecule has 11 heavy (non-hydrogen) atoms. The summed E-state index contributed by atoms with van der Waals surface area (Å²) in [4.78, 5) is 1.31. The molecule has 0 amide bonds. The highest BCUT2D eigenvalue weighted by Gasteiger charge is 2.12. The van der Waals surface area contributed by atoms with Crippen molar-refractivity contribution < 1.29 is 0 Å². The summed E-state index contributed by atoms with van der Waals surface area (Å²) in [5.74, 6) is 1.11. The molecule has 0 aromatic carbocycles. The molecule has 0 radical (unpaired) electrons. The zero-order valence-corrected chi connectivity index (χ0v) is 8.63. The molecule has 1 atom stereocenters. The van der Waals surface area contributed by atoms with Gasteiger partial charge in [-0.2, -0.15) is 4.36 Å². The smallest absolute Gasteiger partial charge is 0.105 e. The summed E-state index contributed by atoms with van der Waals surface area (Å²) in [6, 6.07) is 0.291. The lowest BCUT2D eigenvalue weighted by atomic mass is 10.2. The van der Waals surface area contributed by atoms with E-state index in [9.17, 15) is 0 Å². The Morgan fingerprint density at radius 3 is 2.91 bits per heavy atom. The van der Waals surface area contributed by atoms with Crippen LogP contribution in [0.2, 0.25) is 0 Å². The lowest BCUT2D eigenvalue weighted by molar-refractivity contribution is 0.881. The first-order chi connectivity index (χ1) is 5.25. The van der Waals surface area contributed by atoms with E-state index in [0.717, 1.165) is 11.4 Å². The van der Waals surface area contributed by atoms with Crippen molar-refractivity contribution in [1.82, 2.24) is 0 Å². The molecule has 2 nitrogen and oxygen atoms in total. The van der Waals surface area contributed by atoms with Crippen LogP contribution in [0.5, 0.6) is 0 Å². The highest BCUT2D eigenvalue weighted by Crippen LogP contribution is 2.25. The molecule has 0 aromatic rings. The molecule has 1 rings (SSSR count). The quantitative estimate of drug-likeness (QED) is 0.654. The van der Waals surface area contributed by atoms with E-state index in [0.29, 0.717) is 6.04 Å². The molecular formula is C7H12N2S2. The number of thioether (sulfide) groups is 1. The highest BCUT2D eigenvalue weighted by atomic mass is 32.2. The highest BCUT2D eigenvalue weighted by molar-refractivity contribution is 8.03. The zero-order chi connectivity index (χ0) is 8.27. The van der Waals surface area contributed by atoms with E-state index < -0.39 is 0 Å². The summed E-state index contributed by atoms with van der Waals surface area (Å²) in [7, 11) is 0. The van der Waals surface area contributed by atoms with Gasteiger partial charge in [0.15, 0.2) is 0 Å². The van der Waals surface area contributed by atoms with Gasteiger partial charge in [-0.3, -0.25) is 0 Å². The van der Waals surface area contributed by atoms with Gasteiger partial charge < -0.3 is 0 Å². The summed E-state index contributed by atoms with van der Waals surface area (Å²) >= 11 is 3.17. The van der Waals surface area contributed by atoms with E-state index in [1.54, 1.807) is 0 Å². The van der Waals surface area contributed by atoms with Gasteiger partial charge in [-0.1, -0.05) is 6.92 Å². The van der Waals surface area contributed by atoms with Crippen LogP contribution in [0.1, 0.15) is 20.8 Å². The average molecular weight is 188 g/mol. The van der Waals surface area contributed by atoms with Crippen molar-refractivity contribution in [1.29, 1.82) is 0 Å². The predicted molar refractivity (Wildman–Crippen MR) is 52.5 cm³/mol. The molecule has 1 aliphatic rings. The van der Waals surface area contributed by atoms with Gasteiger partial charge in [-0.05, 0) is 19.6 Å². The molecule has 0 aromatic heterocycles. The lowest BCUT2D eigenvalue weighted by Gasteiger charge is -2.03. The van der Waals surface area contributed by atoms with Crippen LogP contribution >= 0.6 is 11.8 Å². The topological polar surface area (TPSA) is 24.7 Å². The predicted octanol–water partition coefficient (Wildman–Crippen LogP) is 2.82. The summed E-state index contributed by atoms with van der Waals surface area (Å²) in [6.07, 6.45) is 0. The van der Waals surface area contributed by atoms with Crippen molar-refractivity contribution in [3.8, 4) is 0 Å². The zero-order valence-electron chi connectivity index (χ0n) is 7.00. The Bertz CT molecular complexity index is 239. The molecule has 0 saturated heterocycles. The Morgan fingerprint density at radius 2 is 2.45 bits per heavy atom. The van der Waals surface area contributed by atoms with Crippen molar-refractivity contribution in [3.63, 3.8) is 0 Å². The molecule has 62 valence electrons. The lowest BCUT2D eigenvalue weighted by Crippen LogP contribution is -1.97. The Hall–Kier alpha value is -0.0900. The maximum atomic E-state index is 4.24. The summed E-state index contributed by atoms with van der Waals surface area (Å²) in [5.41, 5.74) is 1.15. The van der Waals surface area contributed by atoms with E-state index in [1.807, 2.05) is 11.8 Å². The van der Waals surface area contributed by atoms with Gasteiger partial charge in [0.2, 0.25) is 0 Å². The minimum atomic E-state index is 0.291. The van der Waals surface area contributed by atoms with E-state index >= 15 is 0 Å². The standard InChI is InChI=1S/C7H12N2S2/c1-4-10-6(3)7-5(2)8-11-9-7/h5H,4H2,1-3H3/b7-6+. The molecule has 0 N–H and O–H groups in total. The number of hydrogen-bond acceptors (Lipinski definition) is 3. The van der Waals surface area contributed by atoms with Crippen molar-refractivity contribution in [3.05, 3.63) is 10.6 Å². The van der Waals surface area contributed by atoms with Crippen LogP contribution < -0.4 is 0 Å². The van der Waals surface area contributed by atoms with Crippen molar-refractivity contribution in [2.24, 2.45) is 8.73 Å². The van der Waals surface area contributed by atoms with Crippen LogP contribution in [0.25, 0.3) is 0 Å². The third-order valence-electron chi connectivity index (χ3n) is 1.46. The van der Waals surface area contributed by atoms with Crippen molar-refractivity contribution in [2.75, 3.05) is 5.75 Å². The van der Waals surface area contributed by atoms with Gasteiger partial charge in [0.05, 0.1) is 17.1 Å². The van der Waals surface area contributed by atoms with E-state index in [4.69, 9.17) is 0 Å². The maximum absolute atomic E-state index is 4.24. The Kier molecular flexibility index (Phi) is 3.33. The van der Waals surface area contributed by atoms with E-state index in [2.05, 4.69) is 29.5 Å². The van der Waals surface area contributed by atoms with Crippen LogP contribution in [-0.2, 0) is 11.4 Å². The van der Waals surface area contributed by atoms with Crippen molar-refractivity contribution >= 4 is 23.1 Å². The van der Waals surface area contributed by atoms with E-state index in [1.165, 1.54) is 16.3 Å². The Labute approximate surface area is 75.4 Å². The molecule has 4 heteroatoms. The summed E-state index contributed by atoms with van der Waals surface area (Å²) < 4.78 is 8.44. The van der Waals surface area contributed by atoms with Crippen molar-refractivity contribution in [2.45, 2.75) is 26.8 Å². The summed E-state index contributed by atoms with van der Waals surface area (Å²) in [5, 5.41) is 0. The molecule has 0 spiro atoms. The molecule has 1 heterocycles. The second-order valence-electron chi connectivity index (χ2n) is 2.33. The molecule has 0 bridgehead atoms. The fourth-order valence-corrected chi connectivity index (χ4v) is 2.43. The SMILES string of the molecule is CCS/C(C)=C1/N=S=NC1C. The monoisotopic (exact) mass is 188 g/mol. The molecule has 1 unspecified atom stereocenters. The van der Waals surface area contributed by atoms with E-state index in [-0.39, 0.29) is 0 Å². The minimum absolute atomic E-state index is 0.291. The van der Waals surface area contributed by atoms with Gasteiger partial charge in [0, 0.05) is 4.91 Å². The second-order valence-corrected chi connectivity index (χ2v) is 4.36. The van der Waals surface area contributed by atoms with Gasteiger partial charge in [0.25, 0.3) is 0 Å². The Morgan fingerprint density at radius 1 is 1.73 bits per heavy atom. The normalized spacial score (nSPS) is 27.0. The van der Waals surface area contributed by atoms with Crippen LogP contribution in [-0.4, -0.2) is 11.8 Å². The van der Waals surface area contributed by atoms with Gasteiger partial charge in [-0.15, -0.1) is 11.8 Å². The number of hydrogen-bond donors (Lipinski definition) is 0. The maximum Gasteiger partial charge on any atom is 0.105 e. The fourth-order valence-electron chi connectivity index (χ4n) is 0.913.